The molecule has 1 unspecified atom stereocenters. The molecule has 0 spiro atoms. The van der Waals surface area contributed by atoms with Gasteiger partial charge in [0.15, 0.2) is 5.82 Å². The van der Waals surface area contributed by atoms with Crippen molar-refractivity contribution in [1.29, 1.82) is 0 Å². The lowest BCUT2D eigenvalue weighted by molar-refractivity contribution is -0.114. The second kappa shape index (κ2) is 12.9. The van der Waals surface area contributed by atoms with E-state index >= 15 is 0 Å². The first-order valence-corrected chi connectivity index (χ1v) is 13.4. The minimum atomic E-state index is -0.530. The van der Waals surface area contributed by atoms with Gasteiger partial charge in [-0.15, -0.1) is 0 Å². The number of rotatable bonds is 11. The Balaban J connectivity index is 1.11. The van der Waals surface area contributed by atoms with Gasteiger partial charge in [0.2, 0.25) is 6.41 Å². The van der Waals surface area contributed by atoms with Crippen LogP contribution in [0.25, 0.3) is 10.8 Å². The highest BCUT2D eigenvalue weighted by Gasteiger charge is 2.27. The van der Waals surface area contributed by atoms with E-state index in [0.29, 0.717) is 30.6 Å². The molecule has 3 heterocycles. The smallest absolute Gasteiger partial charge is 0.325 e. The lowest BCUT2D eigenvalue weighted by Gasteiger charge is -2.29. The Hall–Kier alpha value is -4.32. The maximum absolute atomic E-state index is 13.7. The van der Waals surface area contributed by atoms with Gasteiger partial charge < -0.3 is 15.5 Å². The van der Waals surface area contributed by atoms with Crippen LogP contribution in [0.2, 0.25) is 5.02 Å². The summed E-state index contributed by atoms with van der Waals surface area (Å²) in [6.07, 6.45) is 10.4. The van der Waals surface area contributed by atoms with Gasteiger partial charge in [-0.05, 0) is 43.0 Å². The van der Waals surface area contributed by atoms with Crippen LogP contribution in [0, 0.1) is 5.82 Å². The number of halogens is 2. The monoisotopic (exact) mass is 577 g/mol. The fourth-order valence-electron chi connectivity index (χ4n) is 4.55. The average Bonchev–Trinajstić information content (AvgIpc) is 3.41. The van der Waals surface area contributed by atoms with Crippen LogP contribution in [0.1, 0.15) is 18.4 Å². The van der Waals surface area contributed by atoms with Crippen molar-refractivity contribution >= 4 is 46.8 Å². The van der Waals surface area contributed by atoms with Crippen molar-refractivity contribution in [1.82, 2.24) is 25.4 Å². The van der Waals surface area contributed by atoms with E-state index in [-0.39, 0.29) is 36.4 Å². The molecule has 2 atom stereocenters. The maximum Gasteiger partial charge on any atom is 0.325 e. The molecule has 0 aliphatic carbocycles. The maximum atomic E-state index is 13.7. The number of likely N-dealkylation sites (N-methyl/N-ethyl adjacent to an activating group) is 1. The fourth-order valence-corrected chi connectivity index (χ4v) is 4.74. The number of allylic oxidation sites excluding steroid dienone is 1. The van der Waals surface area contributed by atoms with Gasteiger partial charge in [0.25, 0.3) is 0 Å². The topological polar surface area (TPSA) is 102 Å². The Morgan fingerprint density at radius 3 is 2.85 bits per heavy atom. The van der Waals surface area contributed by atoms with Crippen molar-refractivity contribution in [2.45, 2.75) is 31.6 Å². The van der Waals surface area contributed by atoms with Gasteiger partial charge in [0.05, 0.1) is 17.3 Å². The molecule has 2 aromatic carbocycles. The number of nitrogens with zero attached hydrogens (tertiary/aromatic N) is 5. The van der Waals surface area contributed by atoms with Crippen LogP contribution in [0.4, 0.5) is 15.0 Å². The number of hydrogen-bond donors (Lipinski definition) is 2. The minimum Gasteiger partial charge on any atom is -0.333 e. The first-order valence-electron chi connectivity index (χ1n) is 13.1. The number of hydrogen-bond acceptors (Lipinski definition) is 7. The van der Waals surface area contributed by atoms with Crippen LogP contribution in [0.5, 0.6) is 0 Å². The largest absolute Gasteiger partial charge is 0.333 e. The molecule has 41 heavy (non-hydrogen) atoms. The molecule has 3 aromatic rings. The Kier molecular flexibility index (Phi) is 8.88. The predicted molar refractivity (Wildman–Crippen MR) is 155 cm³/mol. The van der Waals surface area contributed by atoms with E-state index in [2.05, 4.69) is 20.6 Å². The summed E-state index contributed by atoms with van der Waals surface area (Å²) in [4.78, 5) is 42.5. The third-order valence-electron chi connectivity index (χ3n) is 6.89. The summed E-state index contributed by atoms with van der Waals surface area (Å²) in [5, 5.41) is 9.05. The summed E-state index contributed by atoms with van der Waals surface area (Å²) in [5.41, 5.74) is 1.26. The zero-order valence-electron chi connectivity index (χ0n) is 22.3. The van der Waals surface area contributed by atoms with E-state index in [4.69, 9.17) is 16.4 Å². The Morgan fingerprint density at radius 1 is 1.22 bits per heavy atom. The standard InChI is InChI=1S/C29H29ClFN7O3/c1-32-23(18-41-38(19-39)27-13-20-5-2-3-6-21(20)14-33-27)9-10-26-34-16-24-17-36(11-12-37(24)26)29(40)35-15-22-7-4-8-25(31)28(22)30/h2-8,11-14,16-17,19,23,26,32H,9-10,15,18H2,1H3,(H,35,40)/t23-,26?/m0/s1. The zero-order chi connectivity index (χ0) is 28.8. The number of nitrogens with one attached hydrogen (secondary N) is 2. The van der Waals surface area contributed by atoms with E-state index in [1.54, 1.807) is 43.1 Å². The van der Waals surface area contributed by atoms with Crippen molar-refractivity contribution in [3.05, 3.63) is 95.4 Å². The number of carbonyl (C=O) groups is 2. The molecule has 1 aromatic heterocycles. The number of carbonyl (C=O) groups excluding carboxylic acids is 2. The van der Waals surface area contributed by atoms with Gasteiger partial charge in [-0.25, -0.2) is 14.2 Å². The van der Waals surface area contributed by atoms with Crippen molar-refractivity contribution in [2.24, 2.45) is 4.99 Å². The molecule has 0 saturated heterocycles. The number of amides is 3. The van der Waals surface area contributed by atoms with Crippen molar-refractivity contribution in [3.63, 3.8) is 0 Å². The summed E-state index contributed by atoms with van der Waals surface area (Å²) >= 11 is 5.98. The van der Waals surface area contributed by atoms with E-state index in [0.717, 1.165) is 21.5 Å². The highest BCUT2D eigenvalue weighted by Crippen LogP contribution is 2.26. The number of anilines is 1. The molecule has 0 saturated carbocycles. The molecule has 12 heteroatoms. The Labute approximate surface area is 241 Å². The van der Waals surface area contributed by atoms with Crippen molar-refractivity contribution in [2.75, 3.05) is 18.7 Å². The number of benzene rings is 2. The lowest BCUT2D eigenvalue weighted by Crippen LogP contribution is -2.38. The molecule has 2 N–H and O–H groups in total. The van der Waals surface area contributed by atoms with Gasteiger partial charge in [-0.1, -0.05) is 48.0 Å². The summed E-state index contributed by atoms with van der Waals surface area (Å²) in [6.45, 7) is 0.345. The molecule has 212 valence electrons. The normalized spacial score (nSPS) is 16.5. The second-order valence-electron chi connectivity index (χ2n) is 9.48. The van der Waals surface area contributed by atoms with Crippen LogP contribution in [-0.4, -0.2) is 59.3 Å². The van der Waals surface area contributed by atoms with Crippen LogP contribution < -0.4 is 15.7 Å². The second-order valence-corrected chi connectivity index (χ2v) is 9.85. The number of fused-ring (bicyclic) bond motifs is 2. The Morgan fingerprint density at radius 2 is 2.05 bits per heavy atom. The number of pyridine rings is 1. The predicted octanol–water partition coefficient (Wildman–Crippen LogP) is 4.54. The van der Waals surface area contributed by atoms with E-state index < -0.39 is 5.82 Å². The molecule has 0 fully saturated rings. The van der Waals surface area contributed by atoms with Crippen LogP contribution >= 0.6 is 11.6 Å². The summed E-state index contributed by atoms with van der Waals surface area (Å²) in [6, 6.07) is 13.6. The Bertz CT molecular complexity index is 1510. The molecule has 5 rings (SSSR count). The third kappa shape index (κ3) is 6.54. The SMILES string of the molecule is CN[C@@H](CCC1N=CC2=CN(C(=O)NCc3cccc(F)c3Cl)C=CN21)CON(C=O)c1cc2ccccc2cn1. The van der Waals surface area contributed by atoms with Crippen LogP contribution in [0.3, 0.4) is 0 Å². The summed E-state index contributed by atoms with van der Waals surface area (Å²) in [7, 11) is 1.84. The van der Waals surface area contributed by atoms with Gasteiger partial charge in [-0.2, -0.15) is 5.06 Å². The average molecular weight is 578 g/mol. The lowest BCUT2D eigenvalue weighted by atomic mass is 10.1. The number of aliphatic imine (C=N–C) groups is 1. The van der Waals surface area contributed by atoms with Gasteiger partial charge in [-0.3, -0.25) is 19.5 Å². The van der Waals surface area contributed by atoms with Crippen molar-refractivity contribution in [3.8, 4) is 0 Å². The fraction of sp³-hybridized carbons (Fsp3) is 0.241. The highest BCUT2D eigenvalue weighted by atomic mass is 35.5. The molecule has 0 radical (unpaired) electrons. The number of hydroxylamine groups is 1. The van der Waals surface area contributed by atoms with E-state index in [1.807, 2.05) is 42.3 Å². The molecular weight excluding hydrogens is 549 g/mol. The van der Waals surface area contributed by atoms with Crippen molar-refractivity contribution < 1.29 is 18.8 Å². The minimum absolute atomic E-state index is 0.00761. The van der Waals surface area contributed by atoms with Gasteiger partial charge >= 0.3 is 6.03 Å². The van der Waals surface area contributed by atoms with E-state index in [9.17, 15) is 14.0 Å². The van der Waals surface area contributed by atoms with Crippen LogP contribution in [-0.2, 0) is 16.2 Å². The molecule has 2 aliphatic rings. The summed E-state index contributed by atoms with van der Waals surface area (Å²) < 4.78 is 13.7. The third-order valence-corrected chi connectivity index (χ3v) is 7.31. The number of urea groups is 1. The summed E-state index contributed by atoms with van der Waals surface area (Å²) in [5.74, 6) is -0.118. The van der Waals surface area contributed by atoms with Gasteiger partial charge in [0.1, 0.15) is 12.0 Å². The molecule has 10 nitrogen and oxygen atoms in total. The highest BCUT2D eigenvalue weighted by molar-refractivity contribution is 6.31. The zero-order valence-corrected chi connectivity index (χ0v) is 23.0. The quantitative estimate of drug-likeness (QED) is 0.256. The van der Waals surface area contributed by atoms with Crippen LogP contribution in [0.15, 0.2) is 84.0 Å². The van der Waals surface area contributed by atoms with Gasteiger partial charge in [0, 0.05) is 49.0 Å². The first-order chi connectivity index (χ1) is 20.0. The molecule has 2 aliphatic heterocycles. The molecular formula is C29H29ClFN7O3. The first kappa shape index (κ1) is 28.2. The molecule has 3 amide bonds. The van der Waals surface area contributed by atoms with E-state index in [1.165, 1.54) is 11.0 Å². The molecule has 0 bridgehead atoms. The number of aromatic nitrogens is 1.